The van der Waals surface area contributed by atoms with E-state index in [-0.39, 0.29) is 0 Å². The average molecular weight is 197 g/mol. The monoisotopic (exact) mass is 197 g/mol. The largest absolute Gasteiger partial charge is 0.423 e. The first-order valence-electron chi connectivity index (χ1n) is 4.60. The Hall–Kier alpha value is -2.09. The molecular formula is C13H9O2. The summed E-state index contributed by atoms with van der Waals surface area (Å²) in [6.45, 7) is 1.44. The van der Waals surface area contributed by atoms with Gasteiger partial charge in [-0.05, 0) is 11.6 Å². The van der Waals surface area contributed by atoms with E-state index in [1.807, 2.05) is 48.5 Å². The standard InChI is InChI=1S/C13H9O2/c14-10-15-13-9-5-4-8-12(13)11-6-2-1-3-7-11/h1-9H. The van der Waals surface area contributed by atoms with Crippen molar-refractivity contribution in [2.75, 3.05) is 0 Å². The van der Waals surface area contributed by atoms with Crippen LogP contribution < -0.4 is 4.74 Å². The molecular weight excluding hydrogens is 188 g/mol. The van der Waals surface area contributed by atoms with E-state index in [0.29, 0.717) is 5.75 Å². The number of hydrogen-bond donors (Lipinski definition) is 0. The topological polar surface area (TPSA) is 26.3 Å². The molecule has 0 N–H and O–H groups in total. The van der Waals surface area contributed by atoms with Crippen molar-refractivity contribution in [3.63, 3.8) is 0 Å². The van der Waals surface area contributed by atoms with Gasteiger partial charge in [-0.2, -0.15) is 0 Å². The number of ether oxygens (including phenoxy) is 1. The maximum absolute atomic E-state index is 10.2. The molecule has 0 spiro atoms. The summed E-state index contributed by atoms with van der Waals surface area (Å²) in [7, 11) is 0. The molecule has 0 amide bonds. The van der Waals surface area contributed by atoms with Crippen molar-refractivity contribution >= 4 is 6.47 Å². The molecule has 0 aliphatic rings. The van der Waals surface area contributed by atoms with Crippen LogP contribution in [-0.2, 0) is 4.79 Å². The van der Waals surface area contributed by atoms with Gasteiger partial charge < -0.3 is 4.74 Å². The number of rotatable bonds is 3. The van der Waals surface area contributed by atoms with Crippen LogP contribution in [0.15, 0.2) is 54.6 Å². The third kappa shape index (κ3) is 2.05. The van der Waals surface area contributed by atoms with Gasteiger partial charge in [0.25, 0.3) is 0 Å². The van der Waals surface area contributed by atoms with Gasteiger partial charge in [-0.1, -0.05) is 48.5 Å². The molecule has 0 unspecified atom stereocenters. The fraction of sp³-hybridized carbons (Fsp3) is 0. The third-order valence-electron chi connectivity index (χ3n) is 2.12. The lowest BCUT2D eigenvalue weighted by Gasteiger charge is -2.05. The van der Waals surface area contributed by atoms with Crippen molar-refractivity contribution in [2.45, 2.75) is 0 Å². The van der Waals surface area contributed by atoms with Gasteiger partial charge in [0.15, 0.2) is 0 Å². The summed E-state index contributed by atoms with van der Waals surface area (Å²) in [5, 5.41) is 0. The molecule has 2 rings (SSSR count). The molecule has 0 aromatic heterocycles. The SMILES string of the molecule is O=[C]Oc1ccccc1-c1ccccc1. The highest BCUT2D eigenvalue weighted by atomic mass is 16.5. The first-order valence-corrected chi connectivity index (χ1v) is 4.60. The normalized spacial score (nSPS) is 9.60. The second-order valence-corrected chi connectivity index (χ2v) is 3.05. The van der Waals surface area contributed by atoms with Crippen molar-refractivity contribution in [3.05, 3.63) is 54.6 Å². The Morgan fingerprint density at radius 3 is 2.27 bits per heavy atom. The van der Waals surface area contributed by atoms with Crippen molar-refractivity contribution in [1.29, 1.82) is 0 Å². The maximum Gasteiger partial charge on any atom is 0.423 e. The predicted octanol–water partition coefficient (Wildman–Crippen LogP) is 2.80. The number of hydrogen-bond acceptors (Lipinski definition) is 2. The van der Waals surface area contributed by atoms with Crippen LogP contribution in [0, 0.1) is 0 Å². The van der Waals surface area contributed by atoms with E-state index < -0.39 is 0 Å². The Kier molecular flexibility index (Phi) is 2.79. The van der Waals surface area contributed by atoms with Gasteiger partial charge in [0.1, 0.15) is 5.75 Å². The second-order valence-electron chi connectivity index (χ2n) is 3.05. The molecule has 2 nitrogen and oxygen atoms in total. The zero-order valence-electron chi connectivity index (χ0n) is 8.01. The van der Waals surface area contributed by atoms with E-state index in [4.69, 9.17) is 4.74 Å². The molecule has 0 saturated heterocycles. The molecule has 0 heterocycles. The Balaban J connectivity index is 2.48. The van der Waals surface area contributed by atoms with Gasteiger partial charge >= 0.3 is 6.47 Å². The predicted molar refractivity (Wildman–Crippen MR) is 58.2 cm³/mol. The quantitative estimate of drug-likeness (QED) is 0.756. The van der Waals surface area contributed by atoms with Crippen molar-refractivity contribution < 1.29 is 9.53 Å². The van der Waals surface area contributed by atoms with E-state index in [1.165, 1.54) is 6.47 Å². The van der Waals surface area contributed by atoms with Gasteiger partial charge in [-0.3, -0.25) is 0 Å². The van der Waals surface area contributed by atoms with E-state index in [9.17, 15) is 4.79 Å². The molecule has 0 aliphatic heterocycles. The van der Waals surface area contributed by atoms with Crippen molar-refractivity contribution in [2.24, 2.45) is 0 Å². The van der Waals surface area contributed by atoms with Crippen LogP contribution in [0.1, 0.15) is 0 Å². The molecule has 1 radical (unpaired) electrons. The Bertz CT molecular complexity index is 449. The number of para-hydroxylation sites is 1. The Labute approximate surface area is 88.1 Å². The summed E-state index contributed by atoms with van der Waals surface area (Å²) < 4.78 is 4.79. The van der Waals surface area contributed by atoms with Crippen molar-refractivity contribution in [1.82, 2.24) is 0 Å². The first kappa shape index (κ1) is 9.46. The summed E-state index contributed by atoms with van der Waals surface area (Å²) in [6.07, 6.45) is 0. The van der Waals surface area contributed by atoms with E-state index in [0.717, 1.165) is 11.1 Å². The zero-order valence-corrected chi connectivity index (χ0v) is 8.01. The molecule has 0 aliphatic carbocycles. The highest BCUT2D eigenvalue weighted by molar-refractivity contribution is 5.71. The number of carbonyl (C=O) groups excluding carboxylic acids is 1. The molecule has 15 heavy (non-hydrogen) atoms. The molecule has 0 saturated carbocycles. The van der Waals surface area contributed by atoms with Crippen LogP contribution in [0.3, 0.4) is 0 Å². The first-order chi connectivity index (χ1) is 7.42. The Morgan fingerprint density at radius 2 is 1.53 bits per heavy atom. The van der Waals surface area contributed by atoms with E-state index in [1.54, 1.807) is 6.07 Å². The van der Waals surface area contributed by atoms with Gasteiger partial charge in [0, 0.05) is 5.56 Å². The molecule has 0 atom stereocenters. The Morgan fingerprint density at radius 1 is 0.867 bits per heavy atom. The zero-order chi connectivity index (χ0) is 10.5. The van der Waals surface area contributed by atoms with Gasteiger partial charge in [0.2, 0.25) is 0 Å². The van der Waals surface area contributed by atoms with Crippen LogP contribution in [-0.4, -0.2) is 6.47 Å². The molecule has 0 fully saturated rings. The summed E-state index contributed by atoms with van der Waals surface area (Å²) >= 11 is 0. The molecule has 2 aromatic rings. The van der Waals surface area contributed by atoms with Gasteiger partial charge in [-0.25, -0.2) is 4.79 Å². The van der Waals surface area contributed by atoms with Crippen LogP contribution in [0.4, 0.5) is 0 Å². The second kappa shape index (κ2) is 4.42. The summed E-state index contributed by atoms with van der Waals surface area (Å²) in [4.78, 5) is 10.2. The minimum atomic E-state index is 0.527. The third-order valence-corrected chi connectivity index (χ3v) is 2.12. The van der Waals surface area contributed by atoms with Crippen LogP contribution >= 0.6 is 0 Å². The van der Waals surface area contributed by atoms with Gasteiger partial charge in [0.05, 0.1) is 0 Å². The lowest BCUT2D eigenvalue weighted by atomic mass is 10.1. The van der Waals surface area contributed by atoms with E-state index >= 15 is 0 Å². The molecule has 2 heteroatoms. The van der Waals surface area contributed by atoms with Gasteiger partial charge in [-0.15, -0.1) is 0 Å². The smallest absolute Gasteiger partial charge is 0.417 e. The summed E-state index contributed by atoms with van der Waals surface area (Å²) in [5.74, 6) is 0.527. The van der Waals surface area contributed by atoms with Crippen LogP contribution in [0.25, 0.3) is 11.1 Å². The molecule has 2 aromatic carbocycles. The fourth-order valence-electron chi connectivity index (χ4n) is 1.46. The van der Waals surface area contributed by atoms with Crippen LogP contribution in [0.5, 0.6) is 5.75 Å². The van der Waals surface area contributed by atoms with Crippen molar-refractivity contribution in [3.8, 4) is 16.9 Å². The van der Waals surface area contributed by atoms with E-state index in [2.05, 4.69) is 0 Å². The van der Waals surface area contributed by atoms with Crippen LogP contribution in [0.2, 0.25) is 0 Å². The number of benzene rings is 2. The summed E-state index contributed by atoms with van der Waals surface area (Å²) in [6, 6.07) is 17.1. The lowest BCUT2D eigenvalue weighted by molar-refractivity contribution is 0.443. The molecule has 73 valence electrons. The lowest BCUT2D eigenvalue weighted by Crippen LogP contribution is -1.90. The maximum atomic E-state index is 10.2. The average Bonchev–Trinajstić information content (AvgIpc) is 2.31. The minimum absolute atomic E-state index is 0.527. The highest BCUT2D eigenvalue weighted by Crippen LogP contribution is 2.28. The molecule has 0 bridgehead atoms. The summed E-state index contributed by atoms with van der Waals surface area (Å²) in [5.41, 5.74) is 1.91. The fourth-order valence-corrected chi connectivity index (χ4v) is 1.46. The highest BCUT2D eigenvalue weighted by Gasteiger charge is 2.04. The minimum Gasteiger partial charge on any atom is -0.417 e.